The van der Waals surface area contributed by atoms with Crippen LogP contribution in [0.15, 0.2) is 24.5 Å². The van der Waals surface area contributed by atoms with Crippen LogP contribution in [-0.2, 0) is 17.8 Å². The van der Waals surface area contributed by atoms with E-state index in [0.29, 0.717) is 18.9 Å². The van der Waals surface area contributed by atoms with Crippen molar-refractivity contribution in [3.8, 4) is 11.4 Å². The van der Waals surface area contributed by atoms with Gasteiger partial charge in [-0.2, -0.15) is 0 Å². The molecule has 2 aromatic rings. The molecule has 7 nitrogen and oxygen atoms in total. The highest BCUT2D eigenvalue weighted by molar-refractivity contribution is 5.82. The molecule has 0 bridgehead atoms. The maximum absolute atomic E-state index is 12.9. The quantitative estimate of drug-likeness (QED) is 0.802. The van der Waals surface area contributed by atoms with Crippen molar-refractivity contribution >= 4 is 11.7 Å². The van der Waals surface area contributed by atoms with Gasteiger partial charge in [0.05, 0.1) is 18.3 Å². The van der Waals surface area contributed by atoms with Crippen molar-refractivity contribution in [1.82, 2.24) is 24.8 Å². The van der Waals surface area contributed by atoms with Gasteiger partial charge in [0.2, 0.25) is 5.91 Å². The monoisotopic (exact) mass is 368 g/mol. The average molecular weight is 368 g/mol. The topological polar surface area (TPSA) is 65.5 Å². The van der Waals surface area contributed by atoms with Gasteiger partial charge in [0.1, 0.15) is 5.82 Å². The van der Waals surface area contributed by atoms with E-state index in [-0.39, 0.29) is 11.9 Å². The van der Waals surface area contributed by atoms with E-state index < -0.39 is 0 Å². The summed E-state index contributed by atoms with van der Waals surface area (Å²) in [4.78, 5) is 32.6. The number of rotatable bonds is 5. The molecule has 3 heterocycles. The number of anilines is 1. The molecule has 7 heteroatoms. The summed E-state index contributed by atoms with van der Waals surface area (Å²) in [6.45, 7) is 6.09. The first-order valence-electron chi connectivity index (χ1n) is 9.38. The lowest BCUT2D eigenvalue weighted by atomic mass is 10.0. The molecule has 0 N–H and O–H groups in total. The molecule has 2 aromatic heterocycles. The van der Waals surface area contributed by atoms with Crippen LogP contribution in [0.4, 0.5) is 5.82 Å². The fourth-order valence-electron chi connectivity index (χ4n) is 3.32. The molecule has 0 radical (unpaired) electrons. The van der Waals surface area contributed by atoms with Crippen LogP contribution in [0.3, 0.4) is 0 Å². The van der Waals surface area contributed by atoms with Gasteiger partial charge in [-0.3, -0.25) is 14.7 Å². The summed E-state index contributed by atoms with van der Waals surface area (Å²) >= 11 is 0. The average Bonchev–Trinajstić information content (AvgIpc) is 2.71. The van der Waals surface area contributed by atoms with E-state index in [0.717, 1.165) is 35.6 Å². The van der Waals surface area contributed by atoms with Gasteiger partial charge in [-0.15, -0.1) is 0 Å². The maximum Gasteiger partial charge on any atom is 0.239 e. The number of nitrogens with zero attached hydrogens (tertiary/aromatic N) is 6. The minimum Gasteiger partial charge on any atom is -0.362 e. The Labute approximate surface area is 161 Å². The Bertz CT molecular complexity index is 808. The third-order valence-corrected chi connectivity index (χ3v) is 5.22. The Morgan fingerprint density at radius 2 is 2.07 bits per heavy atom. The number of pyridine rings is 1. The van der Waals surface area contributed by atoms with Gasteiger partial charge < -0.3 is 9.80 Å². The van der Waals surface area contributed by atoms with E-state index in [2.05, 4.69) is 16.8 Å². The maximum atomic E-state index is 12.9. The molecule has 0 saturated carbocycles. The van der Waals surface area contributed by atoms with Crippen molar-refractivity contribution in [2.75, 3.05) is 39.1 Å². The van der Waals surface area contributed by atoms with Crippen LogP contribution in [0.2, 0.25) is 0 Å². The largest absolute Gasteiger partial charge is 0.362 e. The molecular formula is C20H28N6O. The molecule has 1 amide bonds. The first-order chi connectivity index (χ1) is 12.9. The summed E-state index contributed by atoms with van der Waals surface area (Å²) in [6.07, 6.45) is 4.27. The zero-order chi connectivity index (χ0) is 19.6. The third-order valence-electron chi connectivity index (χ3n) is 5.22. The Morgan fingerprint density at radius 3 is 2.70 bits per heavy atom. The number of hydrogen-bond donors (Lipinski definition) is 0. The van der Waals surface area contributed by atoms with Crippen molar-refractivity contribution in [1.29, 1.82) is 0 Å². The first kappa shape index (κ1) is 19.2. The van der Waals surface area contributed by atoms with Gasteiger partial charge in [-0.1, -0.05) is 6.92 Å². The van der Waals surface area contributed by atoms with Crippen molar-refractivity contribution in [2.24, 2.45) is 0 Å². The van der Waals surface area contributed by atoms with Crippen molar-refractivity contribution in [3.05, 3.63) is 35.8 Å². The summed E-state index contributed by atoms with van der Waals surface area (Å²) in [5.74, 6) is 1.72. The van der Waals surface area contributed by atoms with Crippen LogP contribution in [0.25, 0.3) is 11.4 Å². The Kier molecular flexibility index (Phi) is 5.70. The molecular weight excluding hydrogens is 340 g/mol. The predicted octanol–water partition coefficient (Wildman–Crippen LogP) is 1.83. The standard InChI is InChI=1S/C20H28N6O/c1-6-25(5)14(2)20(27)26-11-9-16-17(13-26)22-18(23-19(16)24(3)4)15-8-7-10-21-12-15/h7-8,10,12,14H,6,9,11,13H2,1-5H3. The fourth-order valence-corrected chi connectivity index (χ4v) is 3.32. The van der Waals surface area contributed by atoms with Gasteiger partial charge in [-0.05, 0) is 39.1 Å². The Hall–Kier alpha value is -2.54. The summed E-state index contributed by atoms with van der Waals surface area (Å²) < 4.78 is 0. The number of likely N-dealkylation sites (N-methyl/N-ethyl adjacent to an activating group) is 1. The second-order valence-corrected chi connectivity index (χ2v) is 7.19. The summed E-state index contributed by atoms with van der Waals surface area (Å²) in [7, 11) is 5.96. The normalized spacial score (nSPS) is 14.8. The highest BCUT2D eigenvalue weighted by Crippen LogP contribution is 2.28. The zero-order valence-electron chi connectivity index (χ0n) is 16.8. The highest BCUT2D eigenvalue weighted by Gasteiger charge is 2.29. The highest BCUT2D eigenvalue weighted by atomic mass is 16.2. The molecule has 3 rings (SSSR count). The molecule has 27 heavy (non-hydrogen) atoms. The molecule has 1 atom stereocenters. The number of carbonyl (C=O) groups excluding carboxylic acids is 1. The Morgan fingerprint density at radius 1 is 1.30 bits per heavy atom. The van der Waals surface area contributed by atoms with E-state index in [1.165, 1.54) is 0 Å². The number of fused-ring (bicyclic) bond motifs is 1. The van der Waals surface area contributed by atoms with Crippen LogP contribution in [-0.4, -0.2) is 70.9 Å². The van der Waals surface area contributed by atoms with Gasteiger partial charge in [-0.25, -0.2) is 9.97 Å². The van der Waals surface area contributed by atoms with E-state index in [4.69, 9.17) is 9.97 Å². The molecule has 1 aliphatic heterocycles. The molecule has 0 saturated heterocycles. The third kappa shape index (κ3) is 3.93. The Balaban J connectivity index is 1.95. The van der Waals surface area contributed by atoms with Crippen LogP contribution >= 0.6 is 0 Å². The van der Waals surface area contributed by atoms with Gasteiger partial charge in [0, 0.05) is 44.2 Å². The minimum atomic E-state index is -0.135. The molecule has 144 valence electrons. The lowest BCUT2D eigenvalue weighted by Gasteiger charge is -2.34. The lowest BCUT2D eigenvalue weighted by Crippen LogP contribution is -2.47. The minimum absolute atomic E-state index is 0.135. The van der Waals surface area contributed by atoms with Gasteiger partial charge in [0.25, 0.3) is 0 Å². The zero-order valence-corrected chi connectivity index (χ0v) is 16.8. The fraction of sp³-hybridized carbons (Fsp3) is 0.500. The number of aromatic nitrogens is 3. The van der Waals surface area contributed by atoms with E-state index in [1.54, 1.807) is 12.4 Å². The van der Waals surface area contributed by atoms with Gasteiger partial charge in [0.15, 0.2) is 5.82 Å². The summed E-state index contributed by atoms with van der Waals surface area (Å²) in [5.41, 5.74) is 2.94. The van der Waals surface area contributed by atoms with E-state index in [1.807, 2.05) is 50.0 Å². The van der Waals surface area contributed by atoms with Crippen LogP contribution in [0.1, 0.15) is 25.1 Å². The molecule has 0 spiro atoms. The lowest BCUT2D eigenvalue weighted by molar-refractivity contribution is -0.136. The van der Waals surface area contributed by atoms with Gasteiger partial charge >= 0.3 is 0 Å². The van der Waals surface area contributed by atoms with Crippen molar-refractivity contribution in [2.45, 2.75) is 32.9 Å². The smallest absolute Gasteiger partial charge is 0.239 e. The predicted molar refractivity (Wildman–Crippen MR) is 106 cm³/mol. The van der Waals surface area contributed by atoms with Crippen LogP contribution in [0.5, 0.6) is 0 Å². The van der Waals surface area contributed by atoms with Crippen molar-refractivity contribution < 1.29 is 4.79 Å². The molecule has 0 aromatic carbocycles. The summed E-state index contributed by atoms with van der Waals surface area (Å²) in [6, 6.07) is 3.70. The van der Waals surface area contributed by atoms with E-state index in [9.17, 15) is 4.79 Å². The number of amides is 1. The number of carbonyl (C=O) groups is 1. The van der Waals surface area contributed by atoms with Crippen molar-refractivity contribution in [3.63, 3.8) is 0 Å². The second kappa shape index (κ2) is 8.00. The SMILES string of the molecule is CCN(C)C(C)C(=O)N1CCc2c(nc(-c3cccnc3)nc2N(C)C)C1. The molecule has 1 aliphatic rings. The first-order valence-corrected chi connectivity index (χ1v) is 9.38. The second-order valence-electron chi connectivity index (χ2n) is 7.19. The van der Waals surface area contributed by atoms with E-state index >= 15 is 0 Å². The number of hydrogen-bond acceptors (Lipinski definition) is 6. The summed E-state index contributed by atoms with van der Waals surface area (Å²) in [5, 5.41) is 0. The van der Waals surface area contributed by atoms with Crippen LogP contribution in [0, 0.1) is 0 Å². The van der Waals surface area contributed by atoms with Crippen LogP contribution < -0.4 is 4.90 Å². The molecule has 0 fully saturated rings. The molecule has 1 unspecified atom stereocenters. The molecule has 0 aliphatic carbocycles.